The molecule has 0 bridgehead atoms. The number of rotatable bonds is 3. The van der Waals surface area contributed by atoms with Gasteiger partial charge in [0.1, 0.15) is 0 Å². The lowest BCUT2D eigenvalue weighted by Gasteiger charge is -2.40. The molecule has 0 radical (unpaired) electrons. The Hall–Kier alpha value is -2.04. The van der Waals surface area contributed by atoms with E-state index in [1.54, 1.807) is 0 Å². The van der Waals surface area contributed by atoms with Gasteiger partial charge in [-0.05, 0) is 43.5 Å². The number of pyridine rings is 1. The largest absolute Gasteiger partial charge is 0.347 e. The number of halogens is 1. The molecular formula is C21H25ClN4. The fourth-order valence-electron chi connectivity index (χ4n) is 3.84. The Morgan fingerprint density at radius 2 is 1.85 bits per heavy atom. The van der Waals surface area contributed by atoms with Crippen molar-refractivity contribution in [3.05, 3.63) is 65.1 Å². The number of hydrogen-bond donors (Lipinski definition) is 0. The van der Waals surface area contributed by atoms with Gasteiger partial charge in [-0.3, -0.25) is 4.90 Å². The predicted molar refractivity (Wildman–Crippen MR) is 109 cm³/mol. The molecule has 0 saturated carbocycles. The minimum atomic E-state index is 0.496. The van der Waals surface area contributed by atoms with E-state index in [0.717, 1.165) is 49.0 Å². The highest BCUT2D eigenvalue weighted by molar-refractivity contribution is 6.31. The van der Waals surface area contributed by atoms with E-state index in [4.69, 9.17) is 16.6 Å². The number of piperidine rings is 1. The highest BCUT2D eigenvalue weighted by atomic mass is 35.5. The van der Waals surface area contributed by atoms with E-state index in [9.17, 15) is 0 Å². The number of fused-ring (bicyclic) bond motifs is 1. The monoisotopic (exact) mass is 368 g/mol. The fourth-order valence-corrected chi connectivity index (χ4v) is 4.04. The lowest BCUT2D eigenvalue weighted by Crippen LogP contribution is -2.44. The number of hydrogen-bond acceptors (Lipinski definition) is 4. The van der Waals surface area contributed by atoms with E-state index in [1.807, 2.05) is 12.1 Å². The van der Waals surface area contributed by atoms with Crippen molar-refractivity contribution in [2.45, 2.75) is 32.4 Å². The smallest absolute Gasteiger partial charge is 0.157 e. The van der Waals surface area contributed by atoms with Crippen LogP contribution in [0.25, 0.3) is 0 Å². The van der Waals surface area contributed by atoms with Gasteiger partial charge in [0.05, 0.1) is 5.69 Å². The molecule has 2 aliphatic rings. The summed E-state index contributed by atoms with van der Waals surface area (Å²) < 4.78 is 0. The van der Waals surface area contributed by atoms with Crippen molar-refractivity contribution in [3.8, 4) is 0 Å². The molecule has 2 aliphatic heterocycles. The number of aromatic nitrogens is 1. The number of anilines is 2. The molecule has 4 rings (SSSR count). The molecule has 0 amide bonds. The topological polar surface area (TPSA) is 22.6 Å². The minimum absolute atomic E-state index is 0.496. The summed E-state index contributed by atoms with van der Waals surface area (Å²) in [5.74, 6) is 1.08. The van der Waals surface area contributed by atoms with Crippen LogP contribution in [-0.2, 0) is 6.54 Å². The van der Waals surface area contributed by atoms with Gasteiger partial charge in [0, 0.05) is 55.8 Å². The van der Waals surface area contributed by atoms with E-state index in [2.05, 4.69) is 65.3 Å². The van der Waals surface area contributed by atoms with Gasteiger partial charge in [-0.25, -0.2) is 4.98 Å². The van der Waals surface area contributed by atoms with Gasteiger partial charge in [0.2, 0.25) is 0 Å². The molecular weight excluding hydrogens is 344 g/mol. The van der Waals surface area contributed by atoms with Crippen LogP contribution in [0.5, 0.6) is 0 Å². The Morgan fingerprint density at radius 1 is 1.08 bits per heavy atom. The number of likely N-dealkylation sites (tertiary alicyclic amines) is 1. The summed E-state index contributed by atoms with van der Waals surface area (Å²) in [7, 11) is 2.08. The summed E-state index contributed by atoms with van der Waals surface area (Å²) in [6.07, 6.45) is 6.58. The Bertz CT molecular complexity index is 811. The first kappa shape index (κ1) is 17.4. The molecule has 1 fully saturated rings. The third-order valence-corrected chi connectivity index (χ3v) is 5.74. The van der Waals surface area contributed by atoms with Gasteiger partial charge in [0.15, 0.2) is 5.82 Å². The Balaban J connectivity index is 1.45. The predicted octanol–water partition coefficient (Wildman–Crippen LogP) is 4.44. The van der Waals surface area contributed by atoms with Crippen LogP contribution in [0.15, 0.2) is 48.8 Å². The van der Waals surface area contributed by atoms with Crippen LogP contribution in [0.3, 0.4) is 0 Å². The van der Waals surface area contributed by atoms with Crippen LogP contribution in [0, 0.1) is 6.92 Å². The number of benzene rings is 1. The van der Waals surface area contributed by atoms with Gasteiger partial charge in [-0.15, -0.1) is 0 Å². The summed E-state index contributed by atoms with van der Waals surface area (Å²) >= 11 is 6.32. The lowest BCUT2D eigenvalue weighted by molar-refractivity contribution is 0.204. The van der Waals surface area contributed by atoms with Gasteiger partial charge in [-0.2, -0.15) is 0 Å². The molecule has 3 heterocycles. The third-order valence-electron chi connectivity index (χ3n) is 5.37. The van der Waals surface area contributed by atoms with Crippen molar-refractivity contribution in [1.82, 2.24) is 9.88 Å². The normalized spacial score (nSPS) is 18.3. The average Bonchev–Trinajstić information content (AvgIpc) is 2.65. The molecule has 5 heteroatoms. The van der Waals surface area contributed by atoms with Crippen molar-refractivity contribution in [2.75, 3.05) is 29.9 Å². The second-order valence-corrected chi connectivity index (χ2v) is 7.62. The lowest BCUT2D eigenvalue weighted by atomic mass is 10.0. The van der Waals surface area contributed by atoms with Gasteiger partial charge in [-0.1, -0.05) is 29.8 Å². The average molecular weight is 369 g/mol. The van der Waals surface area contributed by atoms with Crippen LogP contribution in [0.2, 0.25) is 5.02 Å². The maximum absolute atomic E-state index is 6.32. The molecule has 1 aromatic carbocycles. The summed E-state index contributed by atoms with van der Waals surface area (Å²) in [6.45, 7) is 5.15. The van der Waals surface area contributed by atoms with Crippen LogP contribution >= 0.6 is 11.6 Å². The van der Waals surface area contributed by atoms with Crippen molar-refractivity contribution >= 4 is 23.1 Å². The van der Waals surface area contributed by atoms with E-state index in [-0.39, 0.29) is 0 Å². The molecule has 0 atom stereocenters. The number of nitrogens with zero attached hydrogens (tertiary/aromatic N) is 4. The highest BCUT2D eigenvalue weighted by Crippen LogP contribution is 2.34. The van der Waals surface area contributed by atoms with Gasteiger partial charge >= 0.3 is 0 Å². The van der Waals surface area contributed by atoms with Crippen LogP contribution < -0.4 is 9.80 Å². The molecule has 0 spiro atoms. The maximum atomic E-state index is 6.32. The van der Waals surface area contributed by atoms with E-state index >= 15 is 0 Å². The van der Waals surface area contributed by atoms with E-state index in [1.165, 1.54) is 11.3 Å². The second-order valence-electron chi connectivity index (χ2n) is 7.21. The van der Waals surface area contributed by atoms with Crippen molar-refractivity contribution in [2.24, 2.45) is 0 Å². The second kappa shape index (κ2) is 7.29. The van der Waals surface area contributed by atoms with Crippen molar-refractivity contribution in [1.29, 1.82) is 0 Å². The van der Waals surface area contributed by atoms with E-state index < -0.39 is 0 Å². The molecule has 0 aliphatic carbocycles. The standard InChI is InChI=1S/C21H25ClN4/c1-16-7-8-20-21(23-16)26(14-13-24(20)2)18-9-11-25(12-10-18)15-17-5-3-4-6-19(17)22/h3-8,13-14,18H,9-12,15H2,1-2H3. The molecule has 0 N–H and O–H groups in total. The Kier molecular flexibility index (Phi) is 4.88. The molecule has 4 nitrogen and oxygen atoms in total. The van der Waals surface area contributed by atoms with Crippen LogP contribution in [0.1, 0.15) is 24.1 Å². The number of aryl methyl sites for hydroxylation is 1. The zero-order valence-electron chi connectivity index (χ0n) is 15.4. The van der Waals surface area contributed by atoms with Gasteiger partial charge in [0.25, 0.3) is 0 Å². The minimum Gasteiger partial charge on any atom is -0.347 e. The zero-order chi connectivity index (χ0) is 18.1. The summed E-state index contributed by atoms with van der Waals surface area (Å²) in [5, 5.41) is 0.866. The highest BCUT2D eigenvalue weighted by Gasteiger charge is 2.28. The summed E-state index contributed by atoms with van der Waals surface area (Å²) in [5.41, 5.74) is 3.46. The van der Waals surface area contributed by atoms with Crippen molar-refractivity contribution < 1.29 is 0 Å². The van der Waals surface area contributed by atoms with Crippen LogP contribution in [-0.4, -0.2) is 36.1 Å². The Morgan fingerprint density at radius 3 is 2.62 bits per heavy atom. The third kappa shape index (κ3) is 3.44. The molecule has 26 heavy (non-hydrogen) atoms. The fraction of sp³-hybridized carbons (Fsp3) is 0.381. The quantitative estimate of drug-likeness (QED) is 0.799. The first-order valence-corrected chi connectivity index (χ1v) is 9.62. The first-order chi connectivity index (χ1) is 12.6. The first-order valence-electron chi connectivity index (χ1n) is 9.25. The Labute approximate surface area is 160 Å². The zero-order valence-corrected chi connectivity index (χ0v) is 16.2. The molecule has 2 aromatic rings. The summed E-state index contributed by atoms with van der Waals surface area (Å²) in [4.78, 5) is 11.8. The molecule has 0 unspecified atom stereocenters. The van der Waals surface area contributed by atoms with Crippen molar-refractivity contribution in [3.63, 3.8) is 0 Å². The van der Waals surface area contributed by atoms with E-state index in [0.29, 0.717) is 6.04 Å². The summed E-state index contributed by atoms with van der Waals surface area (Å²) in [6, 6.07) is 12.9. The molecule has 1 aromatic heterocycles. The molecule has 1 saturated heterocycles. The molecule has 136 valence electrons. The maximum Gasteiger partial charge on any atom is 0.157 e. The SMILES string of the molecule is Cc1ccc2c(n1)N(C1CCN(Cc3ccccc3Cl)CC1)C=CN2C. The van der Waals surface area contributed by atoms with Crippen LogP contribution in [0.4, 0.5) is 11.5 Å². The van der Waals surface area contributed by atoms with Gasteiger partial charge < -0.3 is 9.80 Å².